The number of hydrogen-bond donors (Lipinski definition) is 0. The second-order valence-electron chi connectivity index (χ2n) is 6.64. The fourth-order valence-electron chi connectivity index (χ4n) is 3.39. The molecule has 0 bridgehead atoms. The lowest BCUT2D eigenvalue weighted by atomic mass is 9.96. The van der Waals surface area contributed by atoms with Crippen LogP contribution < -0.4 is 0 Å². The Morgan fingerprint density at radius 1 is 1.22 bits per heavy atom. The minimum Gasteiger partial charge on any atom is -0.302 e. The van der Waals surface area contributed by atoms with Crippen LogP contribution in [0.2, 0.25) is 0 Å². The molecule has 1 saturated heterocycles. The molecule has 0 radical (unpaired) electrons. The maximum Gasteiger partial charge on any atom is 0.127 e. The summed E-state index contributed by atoms with van der Waals surface area (Å²) in [7, 11) is 2.21. The Kier molecular flexibility index (Phi) is 5.81. The van der Waals surface area contributed by atoms with Crippen molar-refractivity contribution in [1.29, 1.82) is 0 Å². The summed E-state index contributed by atoms with van der Waals surface area (Å²) in [6.45, 7) is 5.09. The SMILES string of the molecule is CN(Cc1ccsc1)CC1CCN(Cc2ccccc2F)CC1. The van der Waals surface area contributed by atoms with E-state index in [0.29, 0.717) is 0 Å². The summed E-state index contributed by atoms with van der Waals surface area (Å²) in [5.41, 5.74) is 2.23. The lowest BCUT2D eigenvalue weighted by Crippen LogP contribution is -2.37. The zero-order valence-electron chi connectivity index (χ0n) is 13.7. The number of rotatable bonds is 6. The molecule has 3 rings (SSSR count). The van der Waals surface area contributed by atoms with Gasteiger partial charge in [0.2, 0.25) is 0 Å². The number of likely N-dealkylation sites (tertiary alicyclic amines) is 1. The van der Waals surface area contributed by atoms with Crippen molar-refractivity contribution in [2.24, 2.45) is 5.92 Å². The molecule has 0 aliphatic carbocycles. The molecule has 0 amide bonds. The second-order valence-corrected chi connectivity index (χ2v) is 7.42. The highest BCUT2D eigenvalue weighted by molar-refractivity contribution is 7.07. The average molecular weight is 332 g/mol. The van der Waals surface area contributed by atoms with Gasteiger partial charge in [0.1, 0.15) is 5.82 Å². The van der Waals surface area contributed by atoms with E-state index in [0.717, 1.165) is 44.2 Å². The molecule has 1 aromatic carbocycles. The summed E-state index contributed by atoms with van der Waals surface area (Å²) < 4.78 is 13.7. The summed E-state index contributed by atoms with van der Waals surface area (Å²) in [6.07, 6.45) is 2.42. The van der Waals surface area contributed by atoms with Gasteiger partial charge in [-0.2, -0.15) is 11.3 Å². The van der Waals surface area contributed by atoms with Crippen LogP contribution in [0.3, 0.4) is 0 Å². The molecule has 0 N–H and O–H groups in total. The van der Waals surface area contributed by atoms with Gasteiger partial charge in [0.15, 0.2) is 0 Å². The van der Waals surface area contributed by atoms with E-state index in [4.69, 9.17) is 0 Å². The predicted molar refractivity (Wildman–Crippen MR) is 95.1 cm³/mol. The topological polar surface area (TPSA) is 6.48 Å². The largest absolute Gasteiger partial charge is 0.302 e. The first-order valence-electron chi connectivity index (χ1n) is 8.36. The van der Waals surface area contributed by atoms with Gasteiger partial charge in [0, 0.05) is 25.2 Å². The quantitative estimate of drug-likeness (QED) is 0.781. The molecule has 1 aliphatic heterocycles. The van der Waals surface area contributed by atoms with E-state index < -0.39 is 0 Å². The van der Waals surface area contributed by atoms with Crippen molar-refractivity contribution < 1.29 is 4.39 Å². The van der Waals surface area contributed by atoms with E-state index >= 15 is 0 Å². The van der Waals surface area contributed by atoms with Gasteiger partial charge < -0.3 is 4.90 Å². The molecule has 0 unspecified atom stereocenters. The molecular formula is C19H25FN2S. The molecule has 124 valence electrons. The standard InChI is InChI=1S/C19H25FN2S/c1-21(13-17-8-11-23-15-17)12-16-6-9-22(10-7-16)14-18-4-2-3-5-19(18)20/h2-5,8,11,15-16H,6-7,9-10,12-14H2,1H3. The number of halogens is 1. The monoisotopic (exact) mass is 332 g/mol. The number of hydrogen-bond acceptors (Lipinski definition) is 3. The molecule has 2 aromatic rings. The fourth-order valence-corrected chi connectivity index (χ4v) is 4.05. The van der Waals surface area contributed by atoms with Gasteiger partial charge in [-0.05, 0) is 67.4 Å². The first-order chi connectivity index (χ1) is 11.2. The third-order valence-electron chi connectivity index (χ3n) is 4.66. The Balaban J connectivity index is 1.42. The molecule has 1 aliphatic rings. The van der Waals surface area contributed by atoms with E-state index in [-0.39, 0.29) is 5.82 Å². The smallest absolute Gasteiger partial charge is 0.127 e. The maximum absolute atomic E-state index is 13.7. The van der Waals surface area contributed by atoms with Gasteiger partial charge in [-0.3, -0.25) is 4.90 Å². The van der Waals surface area contributed by atoms with E-state index in [1.807, 2.05) is 12.1 Å². The van der Waals surface area contributed by atoms with Gasteiger partial charge >= 0.3 is 0 Å². The summed E-state index contributed by atoms with van der Waals surface area (Å²) >= 11 is 1.77. The minimum absolute atomic E-state index is 0.0786. The molecule has 1 fully saturated rings. The van der Waals surface area contributed by atoms with Crippen LogP contribution in [0.25, 0.3) is 0 Å². The summed E-state index contributed by atoms with van der Waals surface area (Å²) in [5.74, 6) is 0.681. The van der Waals surface area contributed by atoms with Crippen LogP contribution >= 0.6 is 11.3 Å². The number of nitrogens with zero attached hydrogens (tertiary/aromatic N) is 2. The number of thiophene rings is 1. The van der Waals surface area contributed by atoms with Crippen molar-refractivity contribution in [3.8, 4) is 0 Å². The number of benzene rings is 1. The molecule has 23 heavy (non-hydrogen) atoms. The first kappa shape index (κ1) is 16.6. The summed E-state index contributed by atoms with van der Waals surface area (Å²) in [5, 5.41) is 4.37. The third kappa shape index (κ3) is 4.87. The Morgan fingerprint density at radius 3 is 2.70 bits per heavy atom. The molecule has 2 heterocycles. The van der Waals surface area contributed by atoms with Crippen molar-refractivity contribution in [3.05, 3.63) is 58.0 Å². The highest BCUT2D eigenvalue weighted by Crippen LogP contribution is 2.21. The van der Waals surface area contributed by atoms with Crippen molar-refractivity contribution >= 4 is 11.3 Å². The van der Waals surface area contributed by atoms with Crippen LogP contribution in [-0.2, 0) is 13.1 Å². The van der Waals surface area contributed by atoms with Gasteiger partial charge in [-0.25, -0.2) is 4.39 Å². The van der Waals surface area contributed by atoms with Crippen LogP contribution in [-0.4, -0.2) is 36.5 Å². The van der Waals surface area contributed by atoms with Gasteiger partial charge in [0.25, 0.3) is 0 Å². The lowest BCUT2D eigenvalue weighted by molar-refractivity contribution is 0.146. The molecule has 0 spiro atoms. The zero-order chi connectivity index (χ0) is 16.1. The minimum atomic E-state index is -0.0786. The van der Waals surface area contributed by atoms with Gasteiger partial charge in [-0.1, -0.05) is 18.2 Å². The summed E-state index contributed by atoms with van der Waals surface area (Å²) in [4.78, 5) is 4.81. The molecule has 1 aromatic heterocycles. The van der Waals surface area contributed by atoms with Crippen molar-refractivity contribution in [3.63, 3.8) is 0 Å². The zero-order valence-corrected chi connectivity index (χ0v) is 14.6. The van der Waals surface area contributed by atoms with Crippen molar-refractivity contribution in [2.45, 2.75) is 25.9 Å². The average Bonchev–Trinajstić information content (AvgIpc) is 3.04. The van der Waals surface area contributed by atoms with E-state index in [9.17, 15) is 4.39 Å². The summed E-state index contributed by atoms with van der Waals surface area (Å²) in [6, 6.07) is 9.34. The third-order valence-corrected chi connectivity index (χ3v) is 5.39. The normalized spacial score (nSPS) is 17.0. The van der Waals surface area contributed by atoms with Crippen molar-refractivity contribution in [1.82, 2.24) is 9.80 Å². The second kappa shape index (κ2) is 8.04. The van der Waals surface area contributed by atoms with E-state index in [2.05, 4.69) is 33.7 Å². The molecule has 0 saturated carbocycles. The van der Waals surface area contributed by atoms with Crippen LogP contribution in [0, 0.1) is 11.7 Å². The van der Waals surface area contributed by atoms with Crippen LogP contribution in [0.1, 0.15) is 24.0 Å². The Labute approximate surface area is 142 Å². The Bertz CT molecular complexity index is 591. The number of piperidine rings is 1. The van der Waals surface area contributed by atoms with Gasteiger partial charge in [0.05, 0.1) is 0 Å². The fraction of sp³-hybridized carbons (Fsp3) is 0.474. The van der Waals surface area contributed by atoms with E-state index in [1.165, 1.54) is 18.4 Å². The van der Waals surface area contributed by atoms with Crippen LogP contribution in [0.15, 0.2) is 41.1 Å². The molecule has 2 nitrogen and oxygen atoms in total. The molecule has 4 heteroatoms. The highest BCUT2D eigenvalue weighted by atomic mass is 32.1. The van der Waals surface area contributed by atoms with Gasteiger partial charge in [-0.15, -0.1) is 0 Å². The van der Waals surface area contributed by atoms with E-state index in [1.54, 1.807) is 23.5 Å². The van der Waals surface area contributed by atoms with Crippen molar-refractivity contribution in [2.75, 3.05) is 26.7 Å². The lowest BCUT2D eigenvalue weighted by Gasteiger charge is -2.34. The molecular weight excluding hydrogens is 307 g/mol. The Hall–Kier alpha value is -1.23. The first-order valence-corrected chi connectivity index (χ1v) is 9.30. The highest BCUT2D eigenvalue weighted by Gasteiger charge is 2.21. The van der Waals surface area contributed by atoms with Crippen LogP contribution in [0.5, 0.6) is 0 Å². The maximum atomic E-state index is 13.7. The molecule has 0 atom stereocenters. The Morgan fingerprint density at radius 2 is 2.00 bits per heavy atom. The predicted octanol–water partition coefficient (Wildman–Crippen LogP) is 4.23. The van der Waals surface area contributed by atoms with Crippen LogP contribution in [0.4, 0.5) is 4.39 Å².